The van der Waals surface area contributed by atoms with E-state index in [0.29, 0.717) is 18.1 Å². The minimum Gasteiger partial charge on any atom is -0.355 e. The highest BCUT2D eigenvalue weighted by Gasteiger charge is 2.39. The lowest BCUT2D eigenvalue weighted by molar-refractivity contribution is -0.130. The van der Waals surface area contributed by atoms with Crippen molar-refractivity contribution in [2.75, 3.05) is 31.1 Å². The minimum atomic E-state index is -0.793. The molecule has 0 aliphatic carbocycles. The Balaban J connectivity index is 2.41. The normalized spacial score (nSPS) is 25.8. The number of amides is 1. The summed E-state index contributed by atoms with van der Waals surface area (Å²) < 4.78 is 11.3. The lowest BCUT2D eigenvalue weighted by atomic mass is 9.81. The van der Waals surface area contributed by atoms with E-state index in [0.717, 1.165) is 32.4 Å². The van der Waals surface area contributed by atoms with E-state index in [2.05, 4.69) is 17.6 Å². The van der Waals surface area contributed by atoms with E-state index < -0.39 is 10.8 Å². The molecule has 1 heterocycles. The Bertz CT molecular complexity index is 276. The van der Waals surface area contributed by atoms with Gasteiger partial charge in [0.1, 0.15) is 0 Å². The SMILES string of the molecule is CCCC1(C(=O)NCCS(=O)CC)CCNC1. The third kappa shape index (κ3) is 4.07. The average molecular weight is 260 g/mol. The zero-order chi connectivity index (χ0) is 12.7. The fraction of sp³-hybridized carbons (Fsp3) is 0.917. The molecule has 1 aliphatic heterocycles. The molecule has 0 spiro atoms. The van der Waals surface area contributed by atoms with Crippen molar-refractivity contribution in [2.24, 2.45) is 5.41 Å². The van der Waals surface area contributed by atoms with Crippen molar-refractivity contribution >= 4 is 16.7 Å². The molecule has 1 fully saturated rings. The molecule has 0 aromatic carbocycles. The van der Waals surface area contributed by atoms with Crippen molar-refractivity contribution in [3.8, 4) is 0 Å². The van der Waals surface area contributed by atoms with Gasteiger partial charge in [-0.25, -0.2) is 0 Å². The van der Waals surface area contributed by atoms with Gasteiger partial charge in [0.25, 0.3) is 0 Å². The van der Waals surface area contributed by atoms with E-state index in [1.165, 1.54) is 0 Å². The summed E-state index contributed by atoms with van der Waals surface area (Å²) in [6.45, 7) is 6.25. The molecule has 1 amide bonds. The van der Waals surface area contributed by atoms with Crippen LogP contribution in [0.15, 0.2) is 0 Å². The van der Waals surface area contributed by atoms with E-state index in [1.807, 2.05) is 6.92 Å². The Morgan fingerprint density at radius 1 is 1.47 bits per heavy atom. The molecule has 0 aromatic rings. The van der Waals surface area contributed by atoms with Gasteiger partial charge >= 0.3 is 0 Å². The van der Waals surface area contributed by atoms with Gasteiger partial charge in [0.05, 0.1) is 5.41 Å². The predicted molar refractivity (Wildman–Crippen MR) is 71.4 cm³/mol. The van der Waals surface area contributed by atoms with E-state index in [4.69, 9.17) is 0 Å². The van der Waals surface area contributed by atoms with Crippen LogP contribution in [0.2, 0.25) is 0 Å². The summed E-state index contributed by atoms with van der Waals surface area (Å²) in [7, 11) is -0.793. The second-order valence-corrected chi connectivity index (χ2v) is 6.51. The maximum atomic E-state index is 12.2. The van der Waals surface area contributed by atoms with E-state index in [-0.39, 0.29) is 11.3 Å². The van der Waals surface area contributed by atoms with Gasteiger partial charge in [0, 0.05) is 35.4 Å². The lowest BCUT2D eigenvalue weighted by Crippen LogP contribution is -2.43. The van der Waals surface area contributed by atoms with Crippen molar-refractivity contribution in [3.63, 3.8) is 0 Å². The van der Waals surface area contributed by atoms with Crippen LogP contribution in [0.3, 0.4) is 0 Å². The highest BCUT2D eigenvalue weighted by atomic mass is 32.2. The predicted octanol–water partition coefficient (Wildman–Crippen LogP) is 0.651. The second kappa shape index (κ2) is 7.11. The minimum absolute atomic E-state index is 0.137. The van der Waals surface area contributed by atoms with E-state index >= 15 is 0 Å². The number of hydrogen-bond acceptors (Lipinski definition) is 3. The number of nitrogens with one attached hydrogen (secondary N) is 2. The van der Waals surface area contributed by atoms with Crippen molar-refractivity contribution in [3.05, 3.63) is 0 Å². The topological polar surface area (TPSA) is 58.2 Å². The molecule has 4 nitrogen and oxygen atoms in total. The quantitative estimate of drug-likeness (QED) is 0.707. The van der Waals surface area contributed by atoms with Crippen LogP contribution < -0.4 is 10.6 Å². The molecule has 0 radical (unpaired) electrons. The van der Waals surface area contributed by atoms with Crippen molar-refractivity contribution < 1.29 is 9.00 Å². The first-order chi connectivity index (χ1) is 8.14. The van der Waals surface area contributed by atoms with Crippen LogP contribution in [-0.2, 0) is 15.6 Å². The molecular formula is C12H24N2O2S. The average Bonchev–Trinajstić information content (AvgIpc) is 2.79. The standard InChI is InChI=1S/C12H24N2O2S/c1-3-5-12(6-7-13-10-12)11(15)14-8-9-17(16)4-2/h13H,3-10H2,1-2H3,(H,14,15). The highest BCUT2D eigenvalue weighted by Crippen LogP contribution is 2.31. The van der Waals surface area contributed by atoms with Crippen LogP contribution in [0, 0.1) is 5.41 Å². The number of carbonyl (C=O) groups is 1. The van der Waals surface area contributed by atoms with Gasteiger partial charge in [-0.15, -0.1) is 0 Å². The summed E-state index contributed by atoms with van der Waals surface area (Å²) in [5, 5.41) is 6.21. The first kappa shape index (κ1) is 14.6. The summed E-state index contributed by atoms with van der Waals surface area (Å²) in [6.07, 6.45) is 2.88. The molecule has 5 heteroatoms. The number of carbonyl (C=O) groups excluding carboxylic acids is 1. The molecule has 17 heavy (non-hydrogen) atoms. The molecular weight excluding hydrogens is 236 g/mol. The molecule has 2 unspecified atom stereocenters. The number of rotatable bonds is 7. The highest BCUT2D eigenvalue weighted by molar-refractivity contribution is 7.84. The molecule has 0 aromatic heterocycles. The molecule has 100 valence electrons. The van der Waals surface area contributed by atoms with Crippen LogP contribution >= 0.6 is 0 Å². The third-order valence-corrected chi connectivity index (χ3v) is 4.69. The maximum absolute atomic E-state index is 12.2. The van der Waals surface area contributed by atoms with E-state index in [9.17, 15) is 9.00 Å². The van der Waals surface area contributed by atoms with Crippen LogP contribution in [0.4, 0.5) is 0 Å². The van der Waals surface area contributed by atoms with E-state index in [1.54, 1.807) is 0 Å². The largest absolute Gasteiger partial charge is 0.355 e. The zero-order valence-electron chi connectivity index (χ0n) is 10.9. The van der Waals surface area contributed by atoms with Crippen LogP contribution in [-0.4, -0.2) is 41.3 Å². The van der Waals surface area contributed by atoms with Gasteiger partial charge in [-0.1, -0.05) is 20.3 Å². The zero-order valence-corrected chi connectivity index (χ0v) is 11.7. The molecule has 0 saturated carbocycles. The molecule has 1 saturated heterocycles. The summed E-state index contributed by atoms with van der Waals surface area (Å²) >= 11 is 0. The first-order valence-electron chi connectivity index (χ1n) is 6.48. The van der Waals surface area contributed by atoms with Gasteiger partial charge in [-0.05, 0) is 19.4 Å². The summed E-state index contributed by atoms with van der Waals surface area (Å²) in [4.78, 5) is 12.2. The van der Waals surface area contributed by atoms with Gasteiger partial charge < -0.3 is 10.6 Å². The maximum Gasteiger partial charge on any atom is 0.227 e. The summed E-state index contributed by atoms with van der Waals surface area (Å²) in [5.41, 5.74) is -0.220. The first-order valence-corrected chi connectivity index (χ1v) is 7.97. The van der Waals surface area contributed by atoms with Crippen LogP contribution in [0.1, 0.15) is 33.1 Å². The molecule has 0 bridgehead atoms. The van der Waals surface area contributed by atoms with Gasteiger partial charge in [-0.2, -0.15) is 0 Å². The Labute approximate surface area is 106 Å². The monoisotopic (exact) mass is 260 g/mol. The van der Waals surface area contributed by atoms with Crippen molar-refractivity contribution in [2.45, 2.75) is 33.1 Å². The van der Waals surface area contributed by atoms with Gasteiger partial charge in [-0.3, -0.25) is 9.00 Å². The van der Waals surface area contributed by atoms with Crippen LogP contribution in [0.25, 0.3) is 0 Å². The molecule has 2 N–H and O–H groups in total. The third-order valence-electron chi connectivity index (χ3n) is 3.39. The van der Waals surface area contributed by atoms with Crippen molar-refractivity contribution in [1.29, 1.82) is 0 Å². The molecule has 1 aliphatic rings. The van der Waals surface area contributed by atoms with Crippen molar-refractivity contribution in [1.82, 2.24) is 10.6 Å². The fourth-order valence-corrected chi connectivity index (χ4v) is 2.97. The summed E-state index contributed by atoms with van der Waals surface area (Å²) in [5.74, 6) is 1.37. The molecule has 2 atom stereocenters. The van der Waals surface area contributed by atoms with Crippen LogP contribution in [0.5, 0.6) is 0 Å². The Morgan fingerprint density at radius 2 is 2.24 bits per heavy atom. The summed E-state index contributed by atoms with van der Waals surface area (Å²) in [6, 6.07) is 0. The Morgan fingerprint density at radius 3 is 2.76 bits per heavy atom. The lowest BCUT2D eigenvalue weighted by Gasteiger charge is -2.26. The Kier molecular flexibility index (Phi) is 6.12. The number of hydrogen-bond donors (Lipinski definition) is 2. The smallest absolute Gasteiger partial charge is 0.227 e. The second-order valence-electron chi connectivity index (χ2n) is 4.65. The fourth-order valence-electron chi connectivity index (χ4n) is 2.35. The van der Waals surface area contributed by atoms with Gasteiger partial charge in [0.15, 0.2) is 0 Å². The Hall–Kier alpha value is -0.420. The van der Waals surface area contributed by atoms with Gasteiger partial charge in [0.2, 0.25) is 5.91 Å². The molecule has 1 rings (SSSR count).